The minimum atomic E-state index is -1.10. The van der Waals surface area contributed by atoms with Gasteiger partial charge < -0.3 is 24.8 Å². The number of hydrogen-bond acceptors (Lipinski definition) is 5. The van der Waals surface area contributed by atoms with Gasteiger partial charge in [-0.25, -0.2) is 14.4 Å². The van der Waals surface area contributed by atoms with E-state index in [1.54, 1.807) is 4.90 Å². The van der Waals surface area contributed by atoms with Crippen LogP contribution in [-0.2, 0) is 19.9 Å². The Morgan fingerprint density at radius 2 is 1.71 bits per heavy atom. The molecular weight excluding hydrogens is 400 g/mol. The fourth-order valence-electron chi connectivity index (χ4n) is 3.61. The number of aliphatic carboxylic acids is 1. The first kappa shape index (κ1) is 24.5. The number of hydrogen-bond donors (Lipinski definition) is 2. The molecule has 0 unspecified atom stereocenters. The number of carboxylic acids is 1. The van der Waals surface area contributed by atoms with Crippen molar-refractivity contribution in [1.82, 2.24) is 10.2 Å². The zero-order valence-electron chi connectivity index (χ0n) is 19.0. The van der Waals surface area contributed by atoms with E-state index in [9.17, 15) is 19.5 Å². The van der Waals surface area contributed by atoms with Crippen molar-refractivity contribution in [3.63, 3.8) is 0 Å². The summed E-state index contributed by atoms with van der Waals surface area (Å²) in [5, 5.41) is 11.9. The highest BCUT2D eigenvalue weighted by atomic mass is 16.6. The molecule has 0 radical (unpaired) electrons. The molecule has 8 heteroatoms. The summed E-state index contributed by atoms with van der Waals surface area (Å²) in [5.41, 5.74) is -0.737. The van der Waals surface area contributed by atoms with Crippen LogP contribution >= 0.6 is 0 Å². The molecule has 1 aromatic rings. The topological polar surface area (TPSA) is 105 Å². The van der Waals surface area contributed by atoms with Gasteiger partial charge in [-0.1, -0.05) is 44.2 Å². The molecule has 8 nitrogen and oxygen atoms in total. The van der Waals surface area contributed by atoms with Crippen LogP contribution in [0.15, 0.2) is 30.3 Å². The summed E-state index contributed by atoms with van der Waals surface area (Å²) >= 11 is 0. The second-order valence-electron chi connectivity index (χ2n) is 9.38. The van der Waals surface area contributed by atoms with Crippen LogP contribution in [0.4, 0.5) is 9.59 Å². The number of nitrogens with zero attached hydrogens (tertiary/aromatic N) is 1. The summed E-state index contributed by atoms with van der Waals surface area (Å²) in [6.07, 6.45) is -0.115. The Balaban J connectivity index is 2.15. The van der Waals surface area contributed by atoms with Crippen molar-refractivity contribution in [3.8, 4) is 0 Å². The third-order valence-corrected chi connectivity index (χ3v) is 5.11. The lowest BCUT2D eigenvalue weighted by atomic mass is 9.84. The third kappa shape index (κ3) is 7.15. The Bertz CT molecular complexity index is 764. The number of rotatable bonds is 6. The molecule has 2 rings (SSSR count). The number of ether oxygens (including phenoxy) is 2. The van der Waals surface area contributed by atoms with Crippen LogP contribution in [0, 0.1) is 5.92 Å². The molecule has 31 heavy (non-hydrogen) atoms. The number of alkyl carbamates (subject to hydrolysis) is 1. The van der Waals surface area contributed by atoms with E-state index in [4.69, 9.17) is 9.47 Å². The van der Waals surface area contributed by atoms with Crippen LogP contribution in [-0.4, -0.2) is 52.9 Å². The van der Waals surface area contributed by atoms with Crippen LogP contribution in [0.1, 0.15) is 59.4 Å². The molecule has 1 saturated heterocycles. The first-order chi connectivity index (χ1) is 14.4. The molecule has 1 heterocycles. The van der Waals surface area contributed by atoms with Crippen LogP contribution in [0.2, 0.25) is 0 Å². The molecule has 172 valence electrons. The number of likely N-dealkylation sites (tertiary alicyclic amines) is 1. The zero-order valence-corrected chi connectivity index (χ0v) is 19.0. The molecule has 1 atom stereocenters. The molecule has 2 N–H and O–H groups in total. The number of carbonyl (C=O) groups is 3. The van der Waals surface area contributed by atoms with Crippen LogP contribution in [0.25, 0.3) is 0 Å². The van der Waals surface area contributed by atoms with Gasteiger partial charge in [-0.05, 0) is 38.7 Å². The lowest BCUT2D eigenvalue weighted by Crippen LogP contribution is -2.51. The predicted molar refractivity (Wildman–Crippen MR) is 116 cm³/mol. The number of amides is 2. The SMILES string of the molecule is CC(C)C[C@H](NC(=O)OC1(c2ccccc2)CCN(C(=O)OC(C)(C)C)CC1)C(=O)O. The fourth-order valence-corrected chi connectivity index (χ4v) is 3.61. The number of benzene rings is 1. The smallest absolute Gasteiger partial charge is 0.410 e. The summed E-state index contributed by atoms with van der Waals surface area (Å²) in [5.74, 6) is -0.999. The van der Waals surface area contributed by atoms with E-state index in [1.165, 1.54) is 0 Å². The minimum Gasteiger partial charge on any atom is -0.480 e. The average molecular weight is 435 g/mol. The van der Waals surface area contributed by atoms with Gasteiger partial charge >= 0.3 is 18.2 Å². The Hall–Kier alpha value is -2.77. The fraction of sp³-hybridized carbons (Fsp3) is 0.609. The first-order valence-electron chi connectivity index (χ1n) is 10.7. The van der Waals surface area contributed by atoms with Gasteiger partial charge in [0.1, 0.15) is 17.2 Å². The van der Waals surface area contributed by atoms with E-state index in [1.807, 2.05) is 65.0 Å². The molecule has 1 aromatic carbocycles. The highest BCUT2D eigenvalue weighted by Gasteiger charge is 2.42. The maximum atomic E-state index is 12.7. The number of piperidine rings is 1. The van der Waals surface area contributed by atoms with Gasteiger partial charge in [-0.3, -0.25) is 0 Å². The molecule has 0 bridgehead atoms. The number of carboxylic acid groups (broad SMARTS) is 1. The van der Waals surface area contributed by atoms with Gasteiger partial charge in [-0.15, -0.1) is 0 Å². The molecule has 0 saturated carbocycles. The van der Waals surface area contributed by atoms with Crippen molar-refractivity contribution >= 4 is 18.2 Å². The van der Waals surface area contributed by atoms with Gasteiger partial charge in [0.2, 0.25) is 0 Å². The summed E-state index contributed by atoms with van der Waals surface area (Å²) in [6, 6.07) is 8.31. The molecule has 1 fully saturated rings. The molecule has 2 amide bonds. The van der Waals surface area contributed by atoms with Crippen molar-refractivity contribution in [1.29, 1.82) is 0 Å². The summed E-state index contributed by atoms with van der Waals surface area (Å²) in [4.78, 5) is 38.2. The standard InChI is InChI=1S/C23H34N2O6/c1-16(2)15-18(19(26)27)24-20(28)30-23(17-9-7-6-8-10-17)11-13-25(14-12-23)21(29)31-22(3,4)5/h6-10,16,18H,11-15H2,1-5H3,(H,24,28)(H,26,27)/t18-/m0/s1. The van der Waals surface area contributed by atoms with Crippen LogP contribution in [0.3, 0.4) is 0 Å². The van der Waals surface area contributed by atoms with Crippen LogP contribution < -0.4 is 5.32 Å². The highest BCUT2D eigenvalue weighted by molar-refractivity contribution is 5.80. The van der Waals surface area contributed by atoms with Crippen molar-refractivity contribution in [2.24, 2.45) is 5.92 Å². The first-order valence-corrected chi connectivity index (χ1v) is 10.7. The second-order valence-corrected chi connectivity index (χ2v) is 9.38. The predicted octanol–water partition coefficient (Wildman–Crippen LogP) is 4.14. The van der Waals surface area contributed by atoms with Crippen molar-refractivity contribution in [2.75, 3.05) is 13.1 Å². The monoisotopic (exact) mass is 434 g/mol. The Labute approximate surface area is 183 Å². The molecule has 0 spiro atoms. The van der Waals surface area contributed by atoms with Gasteiger partial charge in [0.25, 0.3) is 0 Å². The Morgan fingerprint density at radius 1 is 1.13 bits per heavy atom. The zero-order chi connectivity index (χ0) is 23.2. The molecule has 1 aliphatic heterocycles. The van der Waals surface area contributed by atoms with Gasteiger partial charge in [-0.2, -0.15) is 0 Å². The quantitative estimate of drug-likeness (QED) is 0.697. The largest absolute Gasteiger partial charge is 0.480 e. The second kappa shape index (κ2) is 10.0. The molecule has 0 aromatic heterocycles. The van der Waals surface area contributed by atoms with Gasteiger partial charge in [0.15, 0.2) is 0 Å². The molecule has 1 aliphatic rings. The highest BCUT2D eigenvalue weighted by Crippen LogP contribution is 2.37. The number of carbonyl (C=O) groups excluding carboxylic acids is 2. The van der Waals surface area contributed by atoms with E-state index >= 15 is 0 Å². The van der Waals surface area contributed by atoms with E-state index in [-0.39, 0.29) is 5.92 Å². The van der Waals surface area contributed by atoms with E-state index in [0.29, 0.717) is 32.4 Å². The normalized spacial score (nSPS) is 17.0. The molecular formula is C23H34N2O6. The van der Waals surface area contributed by atoms with Crippen molar-refractivity contribution in [3.05, 3.63) is 35.9 Å². The van der Waals surface area contributed by atoms with Crippen molar-refractivity contribution < 1.29 is 29.0 Å². The van der Waals surface area contributed by atoms with Gasteiger partial charge in [0.05, 0.1) is 0 Å². The summed E-state index contributed by atoms with van der Waals surface area (Å²) < 4.78 is 11.3. The van der Waals surface area contributed by atoms with E-state index < -0.39 is 35.4 Å². The maximum absolute atomic E-state index is 12.7. The van der Waals surface area contributed by atoms with E-state index in [2.05, 4.69) is 5.32 Å². The number of nitrogens with one attached hydrogen (secondary N) is 1. The van der Waals surface area contributed by atoms with E-state index in [0.717, 1.165) is 5.56 Å². The van der Waals surface area contributed by atoms with Crippen LogP contribution in [0.5, 0.6) is 0 Å². The minimum absolute atomic E-state index is 0.0987. The van der Waals surface area contributed by atoms with Crippen molar-refractivity contribution in [2.45, 2.75) is 71.1 Å². The lowest BCUT2D eigenvalue weighted by Gasteiger charge is -2.41. The summed E-state index contributed by atoms with van der Waals surface area (Å²) in [6.45, 7) is 9.92. The average Bonchev–Trinajstić information content (AvgIpc) is 2.67. The lowest BCUT2D eigenvalue weighted by molar-refractivity contribution is -0.140. The Morgan fingerprint density at radius 3 is 2.19 bits per heavy atom. The van der Waals surface area contributed by atoms with Gasteiger partial charge in [0, 0.05) is 25.9 Å². The Kier molecular flexibility index (Phi) is 7.92. The maximum Gasteiger partial charge on any atom is 0.410 e. The molecule has 0 aliphatic carbocycles. The third-order valence-electron chi connectivity index (χ3n) is 5.11. The summed E-state index contributed by atoms with van der Waals surface area (Å²) in [7, 11) is 0.